The highest BCUT2D eigenvalue weighted by atomic mass is 32.1. The molecule has 0 spiro atoms. The van der Waals surface area contributed by atoms with Crippen molar-refractivity contribution in [2.45, 2.75) is 57.8 Å². The van der Waals surface area contributed by atoms with E-state index >= 15 is 0 Å². The minimum atomic E-state index is -0.477. The average molecular weight is 240 g/mol. The van der Waals surface area contributed by atoms with E-state index in [4.69, 9.17) is 10.5 Å². The molecule has 1 fully saturated rings. The van der Waals surface area contributed by atoms with Crippen molar-refractivity contribution in [2.24, 2.45) is 5.73 Å². The molecule has 1 aliphatic rings. The molecule has 1 unspecified atom stereocenters. The number of nitrogens with zero attached hydrogens (tertiary/aromatic N) is 1. The van der Waals surface area contributed by atoms with Crippen molar-refractivity contribution in [3.8, 4) is 0 Å². The van der Waals surface area contributed by atoms with Gasteiger partial charge in [-0.15, -0.1) is 11.3 Å². The zero-order valence-electron chi connectivity index (χ0n) is 10.6. The van der Waals surface area contributed by atoms with Gasteiger partial charge in [-0.2, -0.15) is 0 Å². The summed E-state index contributed by atoms with van der Waals surface area (Å²) in [5.74, 6) is 0. The molecule has 3 nitrogen and oxygen atoms in total. The largest absolute Gasteiger partial charge is 0.367 e. The molecule has 0 radical (unpaired) electrons. The van der Waals surface area contributed by atoms with Crippen molar-refractivity contribution in [2.75, 3.05) is 0 Å². The Balaban J connectivity index is 2.45. The fourth-order valence-electron chi connectivity index (χ4n) is 2.59. The molecule has 2 rings (SSSR count). The van der Waals surface area contributed by atoms with E-state index in [1.54, 1.807) is 11.3 Å². The molecule has 0 aromatic carbocycles. The van der Waals surface area contributed by atoms with Crippen LogP contribution in [-0.4, -0.2) is 16.2 Å². The average Bonchev–Trinajstić information content (AvgIpc) is 2.53. The molecule has 1 aromatic rings. The normalized spacial score (nSPS) is 31.9. The highest BCUT2D eigenvalue weighted by Crippen LogP contribution is 2.49. The minimum absolute atomic E-state index is 0.183. The number of aromatic nitrogens is 1. The van der Waals surface area contributed by atoms with E-state index in [9.17, 15) is 0 Å². The second-order valence-corrected chi connectivity index (χ2v) is 6.67. The summed E-state index contributed by atoms with van der Waals surface area (Å²) < 4.78 is 6.06. The van der Waals surface area contributed by atoms with Gasteiger partial charge < -0.3 is 10.5 Å². The molecule has 2 heterocycles. The predicted octanol–water partition coefficient (Wildman–Crippen LogP) is 2.58. The summed E-state index contributed by atoms with van der Waals surface area (Å²) in [6.45, 7) is 10.3. The third-order valence-corrected chi connectivity index (χ3v) is 4.45. The van der Waals surface area contributed by atoms with E-state index in [1.165, 1.54) is 0 Å². The maximum Gasteiger partial charge on any atom is 0.116 e. The molecular formula is C12H20N2OS. The van der Waals surface area contributed by atoms with Crippen molar-refractivity contribution < 1.29 is 4.74 Å². The van der Waals surface area contributed by atoms with Crippen LogP contribution < -0.4 is 5.73 Å². The fourth-order valence-corrected chi connectivity index (χ4v) is 3.65. The highest BCUT2D eigenvalue weighted by molar-refractivity contribution is 7.09. The lowest BCUT2D eigenvalue weighted by Gasteiger charge is -2.34. The van der Waals surface area contributed by atoms with Crippen molar-refractivity contribution in [3.05, 3.63) is 16.1 Å². The van der Waals surface area contributed by atoms with Crippen LogP contribution in [-0.2, 0) is 10.3 Å². The van der Waals surface area contributed by atoms with Crippen molar-refractivity contribution >= 4 is 11.3 Å². The van der Waals surface area contributed by atoms with Crippen molar-refractivity contribution in [3.63, 3.8) is 0 Å². The second kappa shape index (κ2) is 3.28. The van der Waals surface area contributed by atoms with E-state index in [0.717, 1.165) is 17.1 Å². The van der Waals surface area contributed by atoms with Crippen LogP contribution in [0.25, 0.3) is 0 Å². The zero-order chi connectivity index (χ0) is 12.2. The first-order valence-corrected chi connectivity index (χ1v) is 6.46. The number of rotatable bonds is 1. The molecule has 0 amide bonds. The third kappa shape index (κ3) is 1.69. The predicted molar refractivity (Wildman–Crippen MR) is 66.6 cm³/mol. The maximum atomic E-state index is 6.57. The van der Waals surface area contributed by atoms with Crippen LogP contribution in [0.1, 0.15) is 44.8 Å². The number of aryl methyl sites for hydroxylation is 1. The van der Waals surface area contributed by atoms with Crippen molar-refractivity contribution in [1.29, 1.82) is 0 Å². The molecule has 0 saturated carbocycles. The molecule has 90 valence electrons. The maximum absolute atomic E-state index is 6.57. The number of hydrogen-bond acceptors (Lipinski definition) is 4. The molecule has 1 aromatic heterocycles. The van der Waals surface area contributed by atoms with Crippen LogP contribution in [0, 0.1) is 6.92 Å². The Bertz CT molecular complexity index is 411. The molecule has 2 N–H and O–H groups in total. The Morgan fingerprint density at radius 1 is 1.38 bits per heavy atom. The van der Waals surface area contributed by atoms with Gasteiger partial charge in [-0.05, 0) is 34.6 Å². The molecule has 16 heavy (non-hydrogen) atoms. The van der Waals surface area contributed by atoms with Gasteiger partial charge in [0.05, 0.1) is 16.7 Å². The Morgan fingerprint density at radius 2 is 2.00 bits per heavy atom. The fraction of sp³-hybridized carbons (Fsp3) is 0.750. The molecule has 1 saturated heterocycles. The van der Waals surface area contributed by atoms with Gasteiger partial charge >= 0.3 is 0 Å². The Morgan fingerprint density at radius 3 is 2.38 bits per heavy atom. The van der Waals surface area contributed by atoms with Crippen LogP contribution in [0.2, 0.25) is 0 Å². The topological polar surface area (TPSA) is 48.1 Å². The molecule has 1 atom stereocenters. The first-order valence-electron chi connectivity index (χ1n) is 5.58. The summed E-state index contributed by atoms with van der Waals surface area (Å²) in [5, 5.41) is 3.03. The lowest BCUT2D eigenvalue weighted by Crippen LogP contribution is -2.51. The van der Waals surface area contributed by atoms with Crippen LogP contribution in [0.3, 0.4) is 0 Å². The van der Waals surface area contributed by atoms with Crippen molar-refractivity contribution in [1.82, 2.24) is 4.98 Å². The Kier molecular flexibility index (Phi) is 2.46. The molecule has 1 aliphatic heterocycles. The van der Waals surface area contributed by atoms with Gasteiger partial charge in [-0.3, -0.25) is 0 Å². The molecular weight excluding hydrogens is 220 g/mol. The van der Waals surface area contributed by atoms with E-state index in [-0.39, 0.29) is 11.2 Å². The number of nitrogens with two attached hydrogens (primary N) is 1. The lowest BCUT2D eigenvalue weighted by molar-refractivity contribution is -0.0795. The van der Waals surface area contributed by atoms with Gasteiger partial charge in [0.25, 0.3) is 0 Å². The SMILES string of the molecule is Cc1csc(C2(N)CC(C)(C)OC2(C)C)n1. The highest BCUT2D eigenvalue weighted by Gasteiger charge is 2.57. The number of hydrogen-bond donors (Lipinski definition) is 1. The summed E-state index contributed by atoms with van der Waals surface area (Å²) >= 11 is 1.63. The summed E-state index contributed by atoms with van der Waals surface area (Å²) in [4.78, 5) is 4.54. The standard InChI is InChI=1S/C12H20N2OS/c1-8-6-16-9(14-8)12(13)7-10(2,3)15-11(12,4)5/h6H,7,13H2,1-5H3. The van der Waals surface area contributed by atoms with Gasteiger partial charge in [-0.1, -0.05) is 0 Å². The van der Waals surface area contributed by atoms with E-state index in [0.29, 0.717) is 0 Å². The Labute approximate surface area is 101 Å². The molecule has 0 bridgehead atoms. The van der Waals surface area contributed by atoms with Gasteiger partial charge in [0.15, 0.2) is 0 Å². The zero-order valence-corrected chi connectivity index (χ0v) is 11.4. The number of ether oxygens (including phenoxy) is 1. The monoisotopic (exact) mass is 240 g/mol. The van der Waals surface area contributed by atoms with E-state index in [2.05, 4.69) is 32.7 Å². The van der Waals surface area contributed by atoms with Crippen LogP contribution in [0.15, 0.2) is 5.38 Å². The van der Waals surface area contributed by atoms with E-state index < -0.39 is 5.54 Å². The first kappa shape index (κ1) is 12.0. The summed E-state index contributed by atoms with van der Waals surface area (Å²) in [6, 6.07) is 0. The first-order chi connectivity index (χ1) is 7.16. The van der Waals surface area contributed by atoms with Gasteiger partial charge in [0.1, 0.15) is 5.01 Å². The summed E-state index contributed by atoms with van der Waals surface area (Å²) in [5.41, 5.74) is 6.57. The minimum Gasteiger partial charge on any atom is -0.367 e. The number of thiazole rings is 1. The van der Waals surface area contributed by atoms with Gasteiger partial charge in [0.2, 0.25) is 0 Å². The van der Waals surface area contributed by atoms with Crippen LogP contribution in [0.5, 0.6) is 0 Å². The quantitative estimate of drug-likeness (QED) is 0.820. The van der Waals surface area contributed by atoms with Crippen LogP contribution >= 0.6 is 11.3 Å². The van der Waals surface area contributed by atoms with Crippen LogP contribution in [0.4, 0.5) is 0 Å². The van der Waals surface area contributed by atoms with Gasteiger partial charge in [0, 0.05) is 17.5 Å². The Hall–Kier alpha value is -0.450. The second-order valence-electron chi connectivity index (χ2n) is 5.81. The van der Waals surface area contributed by atoms with Gasteiger partial charge in [-0.25, -0.2) is 4.98 Å². The molecule has 0 aliphatic carbocycles. The summed E-state index contributed by atoms with van der Waals surface area (Å²) in [6.07, 6.45) is 0.806. The lowest BCUT2D eigenvalue weighted by atomic mass is 9.80. The van der Waals surface area contributed by atoms with E-state index in [1.807, 2.05) is 12.3 Å². The summed E-state index contributed by atoms with van der Waals surface area (Å²) in [7, 11) is 0. The smallest absolute Gasteiger partial charge is 0.116 e. The molecule has 4 heteroatoms. The third-order valence-electron chi connectivity index (χ3n) is 3.31.